The molecule has 104 valence electrons. The van der Waals surface area contributed by atoms with Gasteiger partial charge in [-0.3, -0.25) is 4.79 Å². The summed E-state index contributed by atoms with van der Waals surface area (Å²) in [6.45, 7) is 4.91. The lowest BCUT2D eigenvalue weighted by molar-refractivity contribution is -0.149. The third-order valence-electron chi connectivity index (χ3n) is 3.38. The SMILES string of the molecule is C[C@H](N)CN1CCC(C(=O)OCc2ccccc2)C1. The zero-order chi connectivity index (χ0) is 13.7. The van der Waals surface area contributed by atoms with Gasteiger partial charge in [-0.05, 0) is 25.5 Å². The Morgan fingerprint density at radius 2 is 2.21 bits per heavy atom. The number of nitrogens with two attached hydrogens (primary N) is 1. The van der Waals surface area contributed by atoms with E-state index in [1.54, 1.807) is 0 Å². The summed E-state index contributed by atoms with van der Waals surface area (Å²) in [4.78, 5) is 14.2. The van der Waals surface area contributed by atoms with Crippen molar-refractivity contribution >= 4 is 5.97 Å². The number of benzene rings is 1. The second kappa shape index (κ2) is 6.68. The van der Waals surface area contributed by atoms with E-state index in [1.165, 1.54) is 0 Å². The Hall–Kier alpha value is -1.39. The molecule has 1 aromatic rings. The van der Waals surface area contributed by atoms with Gasteiger partial charge in [-0.25, -0.2) is 0 Å². The lowest BCUT2D eigenvalue weighted by Gasteiger charge is -2.17. The molecule has 0 amide bonds. The summed E-state index contributed by atoms with van der Waals surface area (Å²) in [7, 11) is 0. The fourth-order valence-electron chi connectivity index (χ4n) is 2.44. The molecule has 19 heavy (non-hydrogen) atoms. The molecule has 0 aromatic heterocycles. The number of carbonyl (C=O) groups excluding carboxylic acids is 1. The first-order valence-corrected chi connectivity index (χ1v) is 6.83. The van der Waals surface area contributed by atoms with Crippen molar-refractivity contribution in [3.63, 3.8) is 0 Å². The minimum atomic E-state index is -0.0870. The molecule has 1 aliphatic heterocycles. The first kappa shape index (κ1) is 14.0. The summed E-state index contributed by atoms with van der Waals surface area (Å²) in [5, 5.41) is 0. The van der Waals surface area contributed by atoms with Crippen molar-refractivity contribution in [1.82, 2.24) is 4.90 Å². The van der Waals surface area contributed by atoms with E-state index in [1.807, 2.05) is 37.3 Å². The second-order valence-corrected chi connectivity index (χ2v) is 5.32. The van der Waals surface area contributed by atoms with Crippen LogP contribution in [0.2, 0.25) is 0 Å². The zero-order valence-electron chi connectivity index (χ0n) is 11.4. The fourth-order valence-corrected chi connectivity index (χ4v) is 2.44. The summed E-state index contributed by atoms with van der Waals surface area (Å²) in [5.74, 6) is -0.0847. The molecule has 0 saturated carbocycles. The minimum Gasteiger partial charge on any atom is -0.461 e. The molecule has 1 unspecified atom stereocenters. The summed E-state index contributed by atoms with van der Waals surface area (Å²) in [5.41, 5.74) is 6.80. The number of esters is 1. The van der Waals surface area contributed by atoms with E-state index in [2.05, 4.69) is 4.90 Å². The van der Waals surface area contributed by atoms with Gasteiger partial charge in [0.2, 0.25) is 0 Å². The van der Waals surface area contributed by atoms with Crippen molar-refractivity contribution in [2.75, 3.05) is 19.6 Å². The largest absolute Gasteiger partial charge is 0.461 e. The molecule has 1 saturated heterocycles. The van der Waals surface area contributed by atoms with Crippen molar-refractivity contribution < 1.29 is 9.53 Å². The highest BCUT2D eigenvalue weighted by molar-refractivity contribution is 5.73. The predicted octanol–water partition coefficient (Wildman–Crippen LogP) is 1.40. The predicted molar refractivity (Wildman–Crippen MR) is 74.4 cm³/mol. The molecule has 1 aromatic carbocycles. The third-order valence-corrected chi connectivity index (χ3v) is 3.38. The number of hydrogen-bond donors (Lipinski definition) is 1. The molecule has 4 nitrogen and oxygen atoms in total. The Morgan fingerprint density at radius 1 is 1.47 bits per heavy atom. The highest BCUT2D eigenvalue weighted by Gasteiger charge is 2.29. The number of carbonyl (C=O) groups is 1. The number of hydrogen-bond acceptors (Lipinski definition) is 4. The van der Waals surface area contributed by atoms with Gasteiger partial charge in [0.1, 0.15) is 6.61 Å². The van der Waals surface area contributed by atoms with Crippen LogP contribution in [0.5, 0.6) is 0 Å². The number of likely N-dealkylation sites (tertiary alicyclic amines) is 1. The fraction of sp³-hybridized carbons (Fsp3) is 0.533. The Balaban J connectivity index is 1.75. The second-order valence-electron chi connectivity index (χ2n) is 5.32. The quantitative estimate of drug-likeness (QED) is 0.815. The lowest BCUT2D eigenvalue weighted by Crippen LogP contribution is -2.34. The van der Waals surface area contributed by atoms with E-state index in [4.69, 9.17) is 10.5 Å². The van der Waals surface area contributed by atoms with Gasteiger partial charge >= 0.3 is 5.97 Å². The van der Waals surface area contributed by atoms with Crippen LogP contribution >= 0.6 is 0 Å². The Morgan fingerprint density at radius 3 is 2.89 bits per heavy atom. The first-order valence-electron chi connectivity index (χ1n) is 6.83. The van der Waals surface area contributed by atoms with Crippen LogP contribution in [0.1, 0.15) is 18.9 Å². The molecule has 0 radical (unpaired) electrons. The van der Waals surface area contributed by atoms with Crippen LogP contribution in [0, 0.1) is 5.92 Å². The Labute approximate surface area is 114 Å². The summed E-state index contributed by atoms with van der Waals surface area (Å²) in [6.07, 6.45) is 0.875. The van der Waals surface area contributed by atoms with Crippen LogP contribution in [0.15, 0.2) is 30.3 Å². The van der Waals surface area contributed by atoms with Gasteiger partial charge in [0.15, 0.2) is 0 Å². The van der Waals surface area contributed by atoms with Crippen molar-refractivity contribution in [3.05, 3.63) is 35.9 Å². The molecule has 1 fully saturated rings. The van der Waals surface area contributed by atoms with Gasteiger partial charge in [-0.15, -0.1) is 0 Å². The van der Waals surface area contributed by atoms with E-state index in [0.29, 0.717) is 6.61 Å². The number of rotatable bonds is 5. The zero-order valence-corrected chi connectivity index (χ0v) is 11.4. The van der Waals surface area contributed by atoms with Gasteiger partial charge in [0, 0.05) is 19.1 Å². The van der Waals surface area contributed by atoms with Crippen LogP contribution in [-0.4, -0.2) is 36.5 Å². The number of ether oxygens (including phenoxy) is 1. The highest BCUT2D eigenvalue weighted by Crippen LogP contribution is 2.18. The lowest BCUT2D eigenvalue weighted by atomic mass is 10.1. The molecule has 0 spiro atoms. The Kier molecular flexibility index (Phi) is 4.93. The maximum atomic E-state index is 12.0. The first-order chi connectivity index (χ1) is 9.15. The van der Waals surface area contributed by atoms with E-state index in [-0.39, 0.29) is 17.9 Å². The monoisotopic (exact) mass is 262 g/mol. The average Bonchev–Trinajstić information content (AvgIpc) is 2.85. The van der Waals surface area contributed by atoms with Crippen molar-refractivity contribution in [2.24, 2.45) is 11.7 Å². The number of nitrogens with zero attached hydrogens (tertiary/aromatic N) is 1. The van der Waals surface area contributed by atoms with Crippen LogP contribution in [-0.2, 0) is 16.1 Å². The average molecular weight is 262 g/mol. The molecule has 2 N–H and O–H groups in total. The molecular formula is C15H22N2O2. The highest BCUT2D eigenvalue weighted by atomic mass is 16.5. The molecule has 0 aliphatic carbocycles. The third kappa shape index (κ3) is 4.33. The van der Waals surface area contributed by atoms with E-state index >= 15 is 0 Å². The molecule has 1 aliphatic rings. The topological polar surface area (TPSA) is 55.6 Å². The maximum Gasteiger partial charge on any atom is 0.310 e. The van der Waals surface area contributed by atoms with E-state index in [0.717, 1.165) is 31.6 Å². The van der Waals surface area contributed by atoms with Gasteiger partial charge in [0.05, 0.1) is 5.92 Å². The van der Waals surface area contributed by atoms with Crippen molar-refractivity contribution in [1.29, 1.82) is 0 Å². The standard InChI is InChI=1S/C15H22N2O2/c1-12(16)9-17-8-7-14(10-17)15(18)19-11-13-5-3-2-4-6-13/h2-6,12,14H,7-11,16H2,1H3/t12-,14?/m0/s1. The van der Waals surface area contributed by atoms with Crippen LogP contribution < -0.4 is 5.73 Å². The molecule has 1 heterocycles. The smallest absolute Gasteiger partial charge is 0.310 e. The maximum absolute atomic E-state index is 12.0. The summed E-state index contributed by atoms with van der Waals surface area (Å²) < 4.78 is 5.37. The van der Waals surface area contributed by atoms with Gasteiger partial charge in [-0.1, -0.05) is 30.3 Å². The van der Waals surface area contributed by atoms with Crippen molar-refractivity contribution in [2.45, 2.75) is 26.0 Å². The molecule has 0 bridgehead atoms. The molecular weight excluding hydrogens is 240 g/mol. The van der Waals surface area contributed by atoms with E-state index < -0.39 is 0 Å². The van der Waals surface area contributed by atoms with Crippen molar-refractivity contribution in [3.8, 4) is 0 Å². The van der Waals surface area contributed by atoms with E-state index in [9.17, 15) is 4.79 Å². The van der Waals surface area contributed by atoms with Gasteiger partial charge < -0.3 is 15.4 Å². The molecule has 2 rings (SSSR count). The van der Waals surface area contributed by atoms with Crippen LogP contribution in [0.25, 0.3) is 0 Å². The summed E-state index contributed by atoms with van der Waals surface area (Å²) in [6, 6.07) is 9.92. The Bertz CT molecular complexity index is 406. The van der Waals surface area contributed by atoms with Crippen LogP contribution in [0.4, 0.5) is 0 Å². The molecule has 4 heteroatoms. The summed E-state index contributed by atoms with van der Waals surface area (Å²) >= 11 is 0. The molecule has 2 atom stereocenters. The van der Waals surface area contributed by atoms with Crippen LogP contribution in [0.3, 0.4) is 0 Å². The minimum absolute atomic E-state index is 0.00228. The van der Waals surface area contributed by atoms with Gasteiger partial charge in [-0.2, -0.15) is 0 Å². The van der Waals surface area contributed by atoms with Gasteiger partial charge in [0.25, 0.3) is 0 Å². The normalized spacial score (nSPS) is 21.3.